The number of benzene rings is 1. The van der Waals surface area contributed by atoms with Crippen LogP contribution in [0.25, 0.3) is 0 Å². The molecular formula is C24H30N4O4S. The number of piperidine rings is 1. The highest BCUT2D eigenvalue weighted by atomic mass is 32.2. The number of nitrogens with zero attached hydrogens (tertiary/aromatic N) is 3. The van der Waals surface area contributed by atoms with E-state index < -0.39 is 15.4 Å². The van der Waals surface area contributed by atoms with Crippen molar-refractivity contribution in [2.45, 2.75) is 51.0 Å². The molecule has 0 amide bonds. The van der Waals surface area contributed by atoms with E-state index in [4.69, 9.17) is 4.74 Å². The number of hydrogen-bond acceptors (Lipinski definition) is 7. The van der Waals surface area contributed by atoms with Crippen LogP contribution in [-0.2, 0) is 26.2 Å². The van der Waals surface area contributed by atoms with Gasteiger partial charge in [0.2, 0.25) is 10.0 Å². The highest BCUT2D eigenvalue weighted by Gasteiger charge is 2.53. The van der Waals surface area contributed by atoms with Gasteiger partial charge >= 0.3 is 0 Å². The van der Waals surface area contributed by atoms with Gasteiger partial charge in [0, 0.05) is 48.9 Å². The summed E-state index contributed by atoms with van der Waals surface area (Å²) in [6, 6.07) is 6.91. The van der Waals surface area contributed by atoms with Crippen LogP contribution in [-0.4, -0.2) is 45.3 Å². The monoisotopic (exact) mass is 470 g/mol. The van der Waals surface area contributed by atoms with Crippen LogP contribution in [0.5, 0.6) is 0 Å². The maximum absolute atomic E-state index is 13.4. The number of rotatable bonds is 4. The second-order valence-corrected chi connectivity index (χ2v) is 12.2. The number of ketones is 1. The Bertz CT molecular complexity index is 1200. The molecule has 1 N–H and O–H groups in total. The van der Waals surface area contributed by atoms with Crippen LogP contribution in [0.3, 0.4) is 0 Å². The minimum Gasteiger partial charge on any atom is -0.380 e. The number of Topliss-reactive ketones (excluding diaryl/α,β-unsaturated/α-hetero) is 1. The first kappa shape index (κ1) is 22.4. The van der Waals surface area contributed by atoms with Gasteiger partial charge < -0.3 is 10.1 Å². The number of dihydropyridines is 1. The van der Waals surface area contributed by atoms with Crippen LogP contribution in [0, 0.1) is 10.8 Å². The van der Waals surface area contributed by atoms with E-state index in [0.29, 0.717) is 45.5 Å². The van der Waals surface area contributed by atoms with Crippen molar-refractivity contribution >= 4 is 15.8 Å². The second kappa shape index (κ2) is 7.85. The number of sulfonamides is 1. The molecule has 1 saturated heterocycles. The van der Waals surface area contributed by atoms with Crippen molar-refractivity contribution in [1.82, 2.24) is 9.62 Å². The van der Waals surface area contributed by atoms with Gasteiger partial charge in [-0.15, -0.1) is 5.11 Å². The van der Waals surface area contributed by atoms with Crippen molar-refractivity contribution in [3.05, 3.63) is 52.5 Å². The number of carbonyl (C=O) groups excluding carboxylic acids is 1. The lowest BCUT2D eigenvalue weighted by molar-refractivity contribution is -0.119. The van der Waals surface area contributed by atoms with Gasteiger partial charge in [-0.3, -0.25) is 4.79 Å². The third-order valence-electron chi connectivity index (χ3n) is 7.31. The van der Waals surface area contributed by atoms with E-state index in [1.165, 1.54) is 0 Å². The third kappa shape index (κ3) is 3.66. The van der Waals surface area contributed by atoms with E-state index >= 15 is 0 Å². The smallest absolute Gasteiger partial charge is 0.243 e. The van der Waals surface area contributed by atoms with Crippen LogP contribution < -0.4 is 5.32 Å². The van der Waals surface area contributed by atoms with Gasteiger partial charge in [0.25, 0.3) is 0 Å². The van der Waals surface area contributed by atoms with E-state index in [1.54, 1.807) is 29.6 Å². The Morgan fingerprint density at radius 3 is 2.67 bits per heavy atom. The minimum absolute atomic E-state index is 0.116. The zero-order valence-electron chi connectivity index (χ0n) is 19.3. The van der Waals surface area contributed by atoms with Crippen molar-refractivity contribution in [2.75, 3.05) is 26.7 Å². The maximum atomic E-state index is 13.4. The number of methoxy groups -OCH3 is 1. The number of azo groups is 1. The zero-order valence-corrected chi connectivity index (χ0v) is 20.2. The minimum atomic E-state index is -3.64. The molecule has 1 aliphatic carbocycles. The topological polar surface area (TPSA) is 100 Å². The molecule has 0 bridgehead atoms. The lowest BCUT2D eigenvalue weighted by atomic mass is 9.60. The summed E-state index contributed by atoms with van der Waals surface area (Å²) in [7, 11) is -2.05. The normalized spacial score (nSPS) is 24.2. The zero-order chi connectivity index (χ0) is 23.4. The summed E-state index contributed by atoms with van der Waals surface area (Å²) in [6.07, 6.45) is 2.39. The van der Waals surface area contributed by atoms with Crippen molar-refractivity contribution < 1.29 is 17.9 Å². The van der Waals surface area contributed by atoms with Crippen LogP contribution in [0.2, 0.25) is 0 Å². The van der Waals surface area contributed by atoms with E-state index in [2.05, 4.69) is 29.4 Å². The Morgan fingerprint density at radius 2 is 1.94 bits per heavy atom. The molecule has 8 nitrogen and oxygen atoms in total. The second-order valence-electron chi connectivity index (χ2n) is 10.2. The van der Waals surface area contributed by atoms with Crippen LogP contribution in [0.1, 0.15) is 45.1 Å². The molecule has 1 spiro atoms. The molecule has 0 unspecified atom stereocenters. The molecule has 176 valence electrons. The lowest BCUT2D eigenvalue weighted by Gasteiger charge is -2.48. The summed E-state index contributed by atoms with van der Waals surface area (Å²) in [5, 5.41) is 12.0. The molecule has 1 fully saturated rings. The Kier molecular flexibility index (Phi) is 5.34. The van der Waals surface area contributed by atoms with Crippen molar-refractivity contribution in [1.29, 1.82) is 0 Å². The SMILES string of the molecule is COCc1cccc(S(=O)(=O)N2CCC3(CC2)C2=C(N=NC2)NC2=C3C(=O)CC(C)(C)C2)c1. The predicted octanol–water partition coefficient (Wildman–Crippen LogP) is 3.53. The van der Waals surface area contributed by atoms with Gasteiger partial charge in [0.15, 0.2) is 11.6 Å². The van der Waals surface area contributed by atoms with Gasteiger partial charge in [0.1, 0.15) is 0 Å². The van der Waals surface area contributed by atoms with Crippen molar-refractivity contribution in [2.24, 2.45) is 21.1 Å². The fourth-order valence-electron chi connectivity index (χ4n) is 5.84. The molecule has 9 heteroatoms. The first-order valence-electron chi connectivity index (χ1n) is 11.4. The molecule has 5 rings (SSSR count). The highest BCUT2D eigenvalue weighted by Crippen LogP contribution is 2.55. The first-order chi connectivity index (χ1) is 15.7. The Balaban J connectivity index is 1.46. The van der Waals surface area contributed by atoms with Crippen LogP contribution >= 0.6 is 0 Å². The highest BCUT2D eigenvalue weighted by molar-refractivity contribution is 7.89. The summed E-state index contributed by atoms with van der Waals surface area (Å²) < 4.78 is 33.5. The Labute approximate surface area is 194 Å². The first-order valence-corrected chi connectivity index (χ1v) is 12.8. The number of ether oxygens (including phenoxy) is 1. The molecule has 3 aliphatic heterocycles. The number of nitrogens with one attached hydrogen (secondary N) is 1. The number of fused-ring (bicyclic) bond motifs is 2. The fraction of sp³-hybridized carbons (Fsp3) is 0.542. The Morgan fingerprint density at radius 1 is 1.18 bits per heavy atom. The molecule has 4 aliphatic rings. The fourth-order valence-corrected chi connectivity index (χ4v) is 7.35. The largest absolute Gasteiger partial charge is 0.380 e. The molecule has 0 saturated carbocycles. The maximum Gasteiger partial charge on any atom is 0.243 e. The van der Waals surface area contributed by atoms with Crippen LogP contribution in [0.15, 0.2) is 62.1 Å². The summed E-state index contributed by atoms with van der Waals surface area (Å²) in [4.78, 5) is 13.7. The summed E-state index contributed by atoms with van der Waals surface area (Å²) >= 11 is 0. The summed E-state index contributed by atoms with van der Waals surface area (Å²) in [5.41, 5.74) is 3.03. The molecule has 0 atom stereocenters. The molecule has 3 heterocycles. The van der Waals surface area contributed by atoms with Crippen molar-refractivity contribution in [3.63, 3.8) is 0 Å². The van der Waals surface area contributed by atoms with Gasteiger partial charge in [-0.05, 0) is 42.4 Å². The van der Waals surface area contributed by atoms with E-state index in [1.807, 2.05) is 6.07 Å². The average molecular weight is 471 g/mol. The number of hydrogen-bond donors (Lipinski definition) is 1. The molecule has 1 aromatic carbocycles. The van der Waals surface area contributed by atoms with Gasteiger partial charge in [-0.1, -0.05) is 26.0 Å². The van der Waals surface area contributed by atoms with E-state index in [-0.39, 0.29) is 16.1 Å². The van der Waals surface area contributed by atoms with Crippen LogP contribution in [0.4, 0.5) is 0 Å². The standard InChI is InChI=1S/C24H30N4O4S/c1-23(2)12-19-21(20(29)13-23)24(18-14-25-27-22(18)26-19)7-9-28(10-8-24)33(30,31)17-6-4-5-16(11-17)15-32-3/h4-6,11,26H,7-10,12-15H2,1-3H3. The average Bonchev–Trinajstić information content (AvgIpc) is 3.23. The molecule has 33 heavy (non-hydrogen) atoms. The Hall–Kier alpha value is -2.36. The van der Waals surface area contributed by atoms with Gasteiger partial charge in [-0.25, -0.2) is 8.42 Å². The lowest BCUT2D eigenvalue weighted by Crippen LogP contribution is -2.50. The number of allylic oxidation sites excluding steroid dienone is 2. The van der Waals surface area contributed by atoms with E-state index in [9.17, 15) is 13.2 Å². The molecular weight excluding hydrogens is 440 g/mol. The number of carbonyl (C=O) groups is 1. The third-order valence-corrected chi connectivity index (χ3v) is 9.20. The van der Waals surface area contributed by atoms with Gasteiger partial charge in [-0.2, -0.15) is 9.42 Å². The summed E-state index contributed by atoms with van der Waals surface area (Å²) in [5.74, 6) is 0.915. The quantitative estimate of drug-likeness (QED) is 0.726. The molecule has 0 radical (unpaired) electrons. The predicted molar refractivity (Wildman–Crippen MR) is 123 cm³/mol. The molecule has 1 aromatic rings. The summed E-state index contributed by atoms with van der Waals surface area (Å²) in [6.45, 7) is 5.73. The van der Waals surface area contributed by atoms with Gasteiger partial charge in [0.05, 0.1) is 18.0 Å². The molecule has 0 aromatic heterocycles. The van der Waals surface area contributed by atoms with E-state index in [0.717, 1.165) is 34.6 Å². The van der Waals surface area contributed by atoms with Crippen molar-refractivity contribution in [3.8, 4) is 0 Å².